The van der Waals surface area contributed by atoms with Crippen LogP contribution in [-0.4, -0.2) is 18.0 Å². The molecule has 2 N–H and O–H groups in total. The van der Waals surface area contributed by atoms with E-state index in [-0.39, 0.29) is 0 Å². The van der Waals surface area contributed by atoms with E-state index in [1.54, 1.807) is 13.3 Å². The Balaban J connectivity index is 2.87. The summed E-state index contributed by atoms with van der Waals surface area (Å²) < 4.78 is 5.08. The van der Waals surface area contributed by atoms with Gasteiger partial charge in [-0.05, 0) is 12.5 Å². The molecule has 0 radical (unpaired) electrons. The number of hydrogen-bond acceptors (Lipinski definition) is 3. The molecule has 3 nitrogen and oxygen atoms in total. The lowest BCUT2D eigenvalue weighted by molar-refractivity contribution is 0.397. The first-order chi connectivity index (χ1) is 6.77. The van der Waals surface area contributed by atoms with E-state index in [4.69, 9.17) is 22.1 Å². The Bertz CT molecular complexity index is 326. The predicted octanol–water partition coefficient (Wildman–Crippen LogP) is 2.31. The molecule has 0 bridgehead atoms. The summed E-state index contributed by atoms with van der Waals surface area (Å²) in [4.78, 5) is 4.04. The number of nitrogens with two attached hydrogens (primary N) is 1. The molecule has 0 saturated carbocycles. The van der Waals surface area contributed by atoms with E-state index in [0.29, 0.717) is 17.4 Å². The summed E-state index contributed by atoms with van der Waals surface area (Å²) in [5, 5.41) is 0. The average molecular weight is 213 g/mol. The summed E-state index contributed by atoms with van der Waals surface area (Å²) in [6.07, 6.45) is 6.26. The molecule has 0 unspecified atom stereocenters. The highest BCUT2D eigenvalue weighted by Crippen LogP contribution is 2.19. The molecule has 0 aromatic carbocycles. The van der Waals surface area contributed by atoms with Crippen molar-refractivity contribution in [1.82, 2.24) is 4.98 Å². The van der Waals surface area contributed by atoms with Crippen LogP contribution in [0, 0.1) is 0 Å². The molecule has 0 spiro atoms. The van der Waals surface area contributed by atoms with Gasteiger partial charge in [-0.1, -0.05) is 12.2 Å². The number of rotatable bonds is 4. The van der Waals surface area contributed by atoms with E-state index in [2.05, 4.69) is 4.98 Å². The van der Waals surface area contributed by atoms with Gasteiger partial charge in [-0.25, -0.2) is 4.98 Å². The van der Waals surface area contributed by atoms with Crippen LogP contribution in [0.5, 0.6) is 5.88 Å². The molecule has 0 atom stereocenters. The second kappa shape index (κ2) is 5.50. The minimum Gasteiger partial charge on any atom is -0.481 e. The topological polar surface area (TPSA) is 48.1 Å². The van der Waals surface area contributed by atoms with Crippen LogP contribution in [-0.2, 0) is 0 Å². The van der Waals surface area contributed by atoms with Crippen molar-refractivity contribution >= 4 is 23.4 Å². The molecule has 0 aliphatic carbocycles. The Hall–Kier alpha value is -1.22. The van der Waals surface area contributed by atoms with Crippen LogP contribution < -0.4 is 10.5 Å². The molecule has 0 fully saturated rings. The highest BCUT2D eigenvalue weighted by Gasteiger charge is 2.00. The number of aromatic nitrogens is 1. The number of ether oxygens (including phenoxy) is 1. The summed E-state index contributed by atoms with van der Waals surface area (Å²) in [6, 6.07) is 1.82. The lowest BCUT2D eigenvalue weighted by Crippen LogP contribution is -1.93. The van der Waals surface area contributed by atoms with E-state index in [9.17, 15) is 0 Å². The van der Waals surface area contributed by atoms with Gasteiger partial charge in [-0.3, -0.25) is 0 Å². The molecular weight excluding hydrogens is 200 g/mol. The fraction of sp³-hybridized carbons (Fsp3) is 0.300. The van der Waals surface area contributed by atoms with Gasteiger partial charge in [-0.15, -0.1) is 11.6 Å². The van der Waals surface area contributed by atoms with Crippen LogP contribution in [0.25, 0.3) is 6.08 Å². The van der Waals surface area contributed by atoms with E-state index in [0.717, 1.165) is 12.0 Å². The number of pyridine rings is 1. The number of anilines is 1. The number of hydrogen-bond donors (Lipinski definition) is 1. The summed E-state index contributed by atoms with van der Waals surface area (Å²) >= 11 is 5.55. The lowest BCUT2D eigenvalue weighted by Gasteiger charge is -2.03. The largest absolute Gasteiger partial charge is 0.481 e. The lowest BCUT2D eigenvalue weighted by atomic mass is 10.2. The maximum absolute atomic E-state index is 5.61. The van der Waals surface area contributed by atoms with Crippen molar-refractivity contribution in [1.29, 1.82) is 0 Å². The first kappa shape index (κ1) is 10.9. The van der Waals surface area contributed by atoms with Gasteiger partial charge in [-0.2, -0.15) is 0 Å². The van der Waals surface area contributed by atoms with Crippen LogP contribution in [0.4, 0.5) is 5.69 Å². The third-order valence-electron chi connectivity index (χ3n) is 1.67. The molecule has 4 heteroatoms. The van der Waals surface area contributed by atoms with Crippen molar-refractivity contribution in [2.45, 2.75) is 6.42 Å². The molecule has 0 aliphatic rings. The fourth-order valence-corrected chi connectivity index (χ4v) is 1.18. The third kappa shape index (κ3) is 2.92. The minimum atomic E-state index is 0.574. The maximum atomic E-state index is 5.61. The van der Waals surface area contributed by atoms with Gasteiger partial charge in [0.2, 0.25) is 5.88 Å². The van der Waals surface area contributed by atoms with E-state index in [1.165, 1.54) is 0 Å². The molecule has 0 saturated heterocycles. The monoisotopic (exact) mass is 212 g/mol. The van der Waals surface area contributed by atoms with Gasteiger partial charge < -0.3 is 10.5 Å². The summed E-state index contributed by atoms with van der Waals surface area (Å²) in [5.74, 6) is 1.18. The van der Waals surface area contributed by atoms with Crippen LogP contribution in [0.1, 0.15) is 12.0 Å². The Labute approximate surface area is 88.5 Å². The third-order valence-corrected chi connectivity index (χ3v) is 1.88. The highest BCUT2D eigenvalue weighted by molar-refractivity contribution is 6.17. The molecule has 14 heavy (non-hydrogen) atoms. The Morgan fingerprint density at radius 2 is 2.43 bits per heavy atom. The van der Waals surface area contributed by atoms with E-state index >= 15 is 0 Å². The van der Waals surface area contributed by atoms with E-state index in [1.807, 2.05) is 18.2 Å². The zero-order valence-electron chi connectivity index (χ0n) is 8.03. The van der Waals surface area contributed by atoms with Crippen molar-refractivity contribution in [3.05, 3.63) is 23.9 Å². The number of halogens is 1. The maximum Gasteiger partial charge on any atom is 0.220 e. The fourth-order valence-electron chi connectivity index (χ4n) is 1.05. The highest BCUT2D eigenvalue weighted by atomic mass is 35.5. The first-order valence-corrected chi connectivity index (χ1v) is 4.83. The normalized spacial score (nSPS) is 10.7. The first-order valence-electron chi connectivity index (χ1n) is 4.30. The quantitative estimate of drug-likeness (QED) is 0.780. The summed E-state index contributed by atoms with van der Waals surface area (Å²) in [7, 11) is 1.58. The number of methoxy groups -OCH3 is 1. The standard InChI is InChI=1S/C10H13ClN2O/c1-14-10-8(4-2-3-5-11)6-9(12)7-13-10/h2,4,6-7H,3,5,12H2,1H3. The second-order valence-electron chi connectivity index (χ2n) is 2.75. The smallest absolute Gasteiger partial charge is 0.220 e. The van der Waals surface area contributed by atoms with Crippen LogP contribution >= 0.6 is 11.6 Å². The van der Waals surface area contributed by atoms with Crippen LogP contribution in [0.3, 0.4) is 0 Å². The Kier molecular flexibility index (Phi) is 4.26. The zero-order valence-corrected chi connectivity index (χ0v) is 8.79. The molecule has 1 rings (SSSR count). The minimum absolute atomic E-state index is 0.574. The predicted molar refractivity (Wildman–Crippen MR) is 59.6 cm³/mol. The van der Waals surface area contributed by atoms with Crippen molar-refractivity contribution in [2.75, 3.05) is 18.7 Å². The number of nitrogens with zero attached hydrogens (tertiary/aromatic N) is 1. The van der Waals surface area contributed by atoms with Gasteiger partial charge in [0.25, 0.3) is 0 Å². The molecule has 0 aliphatic heterocycles. The molecule has 1 aromatic heterocycles. The summed E-state index contributed by atoms with van der Waals surface area (Å²) in [5.41, 5.74) is 7.10. The average Bonchev–Trinajstić information content (AvgIpc) is 2.19. The number of alkyl halides is 1. The molecular formula is C10H13ClN2O. The molecule has 1 heterocycles. The van der Waals surface area contributed by atoms with E-state index < -0.39 is 0 Å². The van der Waals surface area contributed by atoms with Gasteiger partial charge >= 0.3 is 0 Å². The number of allylic oxidation sites excluding steroid dienone is 1. The SMILES string of the molecule is COc1ncc(N)cc1C=CCCCl. The van der Waals surface area contributed by atoms with Gasteiger partial charge in [0.1, 0.15) is 0 Å². The van der Waals surface area contributed by atoms with Gasteiger partial charge in [0, 0.05) is 11.4 Å². The molecule has 0 amide bonds. The van der Waals surface area contributed by atoms with Crippen LogP contribution in [0.15, 0.2) is 18.3 Å². The van der Waals surface area contributed by atoms with Gasteiger partial charge in [0.05, 0.1) is 19.0 Å². The zero-order chi connectivity index (χ0) is 10.4. The van der Waals surface area contributed by atoms with Crippen LogP contribution in [0.2, 0.25) is 0 Å². The van der Waals surface area contributed by atoms with Crippen molar-refractivity contribution in [3.8, 4) is 5.88 Å². The molecule has 76 valence electrons. The second-order valence-corrected chi connectivity index (χ2v) is 3.13. The Morgan fingerprint density at radius 1 is 1.64 bits per heavy atom. The van der Waals surface area contributed by atoms with Gasteiger partial charge in [0.15, 0.2) is 0 Å². The Morgan fingerprint density at radius 3 is 3.07 bits per heavy atom. The summed E-state index contributed by atoms with van der Waals surface area (Å²) in [6.45, 7) is 0. The van der Waals surface area contributed by atoms with Crippen molar-refractivity contribution < 1.29 is 4.74 Å². The number of nitrogen functional groups attached to an aromatic ring is 1. The van der Waals surface area contributed by atoms with Crippen molar-refractivity contribution in [2.24, 2.45) is 0 Å². The molecule has 1 aromatic rings. The van der Waals surface area contributed by atoms with Crippen molar-refractivity contribution in [3.63, 3.8) is 0 Å².